The van der Waals surface area contributed by atoms with Crippen LogP contribution in [0.1, 0.15) is 12.5 Å². The molecule has 116 valence electrons. The van der Waals surface area contributed by atoms with Crippen LogP contribution in [0.25, 0.3) is 0 Å². The first-order chi connectivity index (χ1) is 10.6. The number of hydrogen-bond donors (Lipinski definition) is 1. The Morgan fingerprint density at radius 1 is 1.09 bits per heavy atom. The molecule has 0 aliphatic carbocycles. The van der Waals surface area contributed by atoms with E-state index in [4.69, 9.17) is 27.9 Å². The zero-order valence-corrected chi connectivity index (χ0v) is 13.7. The number of rotatable bonds is 6. The van der Waals surface area contributed by atoms with Gasteiger partial charge in [-0.25, -0.2) is 0 Å². The summed E-state index contributed by atoms with van der Waals surface area (Å²) >= 11 is 12.2. The molecule has 3 nitrogen and oxygen atoms in total. The Labute approximate surface area is 140 Å². The SMILES string of the molecule is CC(Oc1ccccc1)C(=O)NCCc1c(Cl)cccc1Cl. The summed E-state index contributed by atoms with van der Waals surface area (Å²) in [6.07, 6.45) is 0.00610. The molecule has 0 heterocycles. The van der Waals surface area contributed by atoms with E-state index in [1.165, 1.54) is 0 Å². The number of nitrogens with one attached hydrogen (secondary N) is 1. The Morgan fingerprint density at radius 2 is 1.73 bits per heavy atom. The quantitative estimate of drug-likeness (QED) is 0.860. The fourth-order valence-electron chi connectivity index (χ4n) is 1.98. The first-order valence-electron chi connectivity index (χ1n) is 7.00. The zero-order chi connectivity index (χ0) is 15.9. The summed E-state index contributed by atoms with van der Waals surface area (Å²) in [5.74, 6) is 0.492. The Hall–Kier alpha value is -1.71. The second-order valence-corrected chi connectivity index (χ2v) is 5.63. The molecule has 1 unspecified atom stereocenters. The molecular weight excluding hydrogens is 321 g/mol. The Kier molecular flexibility index (Phi) is 6.10. The highest BCUT2D eigenvalue weighted by Gasteiger charge is 2.14. The first-order valence-corrected chi connectivity index (χ1v) is 7.76. The maximum atomic E-state index is 12.0. The Bertz CT molecular complexity index is 612. The lowest BCUT2D eigenvalue weighted by molar-refractivity contribution is -0.127. The highest BCUT2D eigenvalue weighted by molar-refractivity contribution is 6.35. The molecule has 2 rings (SSSR count). The summed E-state index contributed by atoms with van der Waals surface area (Å²) in [6, 6.07) is 14.6. The largest absolute Gasteiger partial charge is 0.481 e. The molecule has 0 spiro atoms. The van der Waals surface area contributed by atoms with Crippen LogP contribution >= 0.6 is 23.2 Å². The fraction of sp³-hybridized carbons (Fsp3) is 0.235. The van der Waals surface area contributed by atoms with Gasteiger partial charge in [-0.2, -0.15) is 0 Å². The monoisotopic (exact) mass is 337 g/mol. The molecule has 1 amide bonds. The van der Waals surface area contributed by atoms with Crippen molar-refractivity contribution in [3.63, 3.8) is 0 Å². The molecule has 0 bridgehead atoms. The van der Waals surface area contributed by atoms with E-state index < -0.39 is 6.10 Å². The average molecular weight is 338 g/mol. The van der Waals surface area contributed by atoms with Crippen LogP contribution in [0.5, 0.6) is 5.75 Å². The molecule has 0 saturated heterocycles. The van der Waals surface area contributed by atoms with E-state index in [0.717, 1.165) is 5.56 Å². The molecule has 0 fully saturated rings. The number of carbonyl (C=O) groups excluding carboxylic acids is 1. The molecule has 5 heteroatoms. The minimum atomic E-state index is -0.566. The molecule has 22 heavy (non-hydrogen) atoms. The van der Waals surface area contributed by atoms with Gasteiger partial charge in [0.05, 0.1) is 0 Å². The van der Waals surface area contributed by atoms with E-state index in [0.29, 0.717) is 28.8 Å². The van der Waals surface area contributed by atoms with E-state index in [-0.39, 0.29) is 5.91 Å². The third kappa shape index (κ3) is 4.65. The van der Waals surface area contributed by atoms with Gasteiger partial charge in [0.1, 0.15) is 5.75 Å². The maximum absolute atomic E-state index is 12.0. The van der Waals surface area contributed by atoms with E-state index in [9.17, 15) is 4.79 Å². The standard InChI is InChI=1S/C17H17Cl2NO2/c1-12(22-13-6-3-2-4-7-13)17(21)20-11-10-14-15(18)8-5-9-16(14)19/h2-9,12H,10-11H2,1H3,(H,20,21). The van der Waals surface area contributed by atoms with Crippen LogP contribution in [0.4, 0.5) is 0 Å². The van der Waals surface area contributed by atoms with Crippen LogP contribution in [0, 0.1) is 0 Å². The first kappa shape index (κ1) is 16.7. The summed E-state index contributed by atoms with van der Waals surface area (Å²) in [5.41, 5.74) is 0.836. The van der Waals surface area contributed by atoms with Gasteiger partial charge < -0.3 is 10.1 Å². The van der Waals surface area contributed by atoms with E-state index in [1.807, 2.05) is 30.3 Å². The van der Waals surface area contributed by atoms with Gasteiger partial charge in [-0.3, -0.25) is 4.79 Å². The van der Waals surface area contributed by atoms with Crippen molar-refractivity contribution in [3.05, 3.63) is 64.1 Å². The van der Waals surface area contributed by atoms with Gasteiger partial charge in [0.25, 0.3) is 5.91 Å². The highest BCUT2D eigenvalue weighted by atomic mass is 35.5. The van der Waals surface area contributed by atoms with Gasteiger partial charge in [-0.05, 0) is 43.2 Å². The van der Waals surface area contributed by atoms with Crippen molar-refractivity contribution in [1.29, 1.82) is 0 Å². The minimum Gasteiger partial charge on any atom is -0.481 e. The Morgan fingerprint density at radius 3 is 2.36 bits per heavy atom. The third-order valence-corrected chi connectivity index (χ3v) is 3.87. The molecule has 0 aliphatic rings. The zero-order valence-electron chi connectivity index (χ0n) is 12.2. The molecule has 0 saturated carbocycles. The predicted molar refractivity (Wildman–Crippen MR) is 89.7 cm³/mol. The summed E-state index contributed by atoms with van der Waals surface area (Å²) in [6.45, 7) is 2.16. The molecule has 0 aliphatic heterocycles. The maximum Gasteiger partial charge on any atom is 0.260 e. The van der Waals surface area contributed by atoms with Gasteiger partial charge in [0.2, 0.25) is 0 Å². The Balaban J connectivity index is 1.82. The van der Waals surface area contributed by atoms with Crippen molar-refractivity contribution in [3.8, 4) is 5.75 Å². The van der Waals surface area contributed by atoms with Crippen molar-refractivity contribution in [1.82, 2.24) is 5.32 Å². The summed E-state index contributed by atoms with van der Waals surface area (Å²) in [5, 5.41) is 4.04. The summed E-state index contributed by atoms with van der Waals surface area (Å²) in [4.78, 5) is 12.0. The average Bonchev–Trinajstić information content (AvgIpc) is 2.51. The number of ether oxygens (including phenoxy) is 1. The second-order valence-electron chi connectivity index (χ2n) is 4.81. The number of para-hydroxylation sites is 1. The summed E-state index contributed by atoms with van der Waals surface area (Å²) < 4.78 is 5.56. The van der Waals surface area contributed by atoms with E-state index in [1.54, 1.807) is 25.1 Å². The number of halogens is 2. The van der Waals surface area contributed by atoms with Crippen LogP contribution in [0.3, 0.4) is 0 Å². The van der Waals surface area contributed by atoms with Crippen molar-refractivity contribution in [2.75, 3.05) is 6.54 Å². The molecule has 2 aromatic carbocycles. The lowest BCUT2D eigenvalue weighted by Crippen LogP contribution is -2.37. The third-order valence-electron chi connectivity index (χ3n) is 3.16. The van der Waals surface area contributed by atoms with Crippen LogP contribution in [-0.2, 0) is 11.2 Å². The van der Waals surface area contributed by atoms with Gasteiger partial charge in [-0.1, -0.05) is 47.5 Å². The van der Waals surface area contributed by atoms with Crippen molar-refractivity contribution >= 4 is 29.1 Å². The van der Waals surface area contributed by atoms with Crippen LogP contribution in [0.2, 0.25) is 10.0 Å². The molecule has 2 aromatic rings. The molecule has 0 radical (unpaired) electrons. The lowest BCUT2D eigenvalue weighted by atomic mass is 10.1. The number of benzene rings is 2. The molecular formula is C17H17Cl2NO2. The van der Waals surface area contributed by atoms with Crippen LogP contribution in [0.15, 0.2) is 48.5 Å². The van der Waals surface area contributed by atoms with Crippen LogP contribution < -0.4 is 10.1 Å². The molecule has 0 aromatic heterocycles. The van der Waals surface area contributed by atoms with E-state index in [2.05, 4.69) is 5.32 Å². The lowest BCUT2D eigenvalue weighted by Gasteiger charge is -2.15. The van der Waals surface area contributed by atoms with Gasteiger partial charge in [0, 0.05) is 16.6 Å². The molecule has 1 atom stereocenters. The summed E-state index contributed by atoms with van der Waals surface area (Å²) in [7, 11) is 0. The fourth-order valence-corrected chi connectivity index (χ4v) is 2.57. The highest BCUT2D eigenvalue weighted by Crippen LogP contribution is 2.24. The van der Waals surface area contributed by atoms with Gasteiger partial charge >= 0.3 is 0 Å². The topological polar surface area (TPSA) is 38.3 Å². The van der Waals surface area contributed by atoms with E-state index >= 15 is 0 Å². The molecule has 1 N–H and O–H groups in total. The smallest absolute Gasteiger partial charge is 0.260 e. The van der Waals surface area contributed by atoms with Crippen molar-refractivity contribution in [2.45, 2.75) is 19.4 Å². The van der Waals surface area contributed by atoms with Gasteiger partial charge in [-0.15, -0.1) is 0 Å². The van der Waals surface area contributed by atoms with Crippen LogP contribution in [-0.4, -0.2) is 18.6 Å². The number of carbonyl (C=O) groups is 1. The predicted octanol–water partition coefficient (Wildman–Crippen LogP) is 4.12. The minimum absolute atomic E-state index is 0.174. The number of hydrogen-bond acceptors (Lipinski definition) is 2. The van der Waals surface area contributed by atoms with Crippen molar-refractivity contribution < 1.29 is 9.53 Å². The number of amides is 1. The van der Waals surface area contributed by atoms with Gasteiger partial charge in [0.15, 0.2) is 6.10 Å². The second kappa shape index (κ2) is 8.06. The van der Waals surface area contributed by atoms with Crippen molar-refractivity contribution in [2.24, 2.45) is 0 Å². The normalized spacial score (nSPS) is 11.8.